The predicted octanol–water partition coefficient (Wildman–Crippen LogP) is 3.12. The van der Waals surface area contributed by atoms with E-state index < -0.39 is 45.2 Å². The van der Waals surface area contributed by atoms with Gasteiger partial charge in [0, 0.05) is 0 Å². The summed E-state index contributed by atoms with van der Waals surface area (Å²) in [6.45, 7) is 0. The molecule has 0 heterocycles. The molecule has 0 amide bonds. The van der Waals surface area contributed by atoms with Crippen molar-refractivity contribution in [3.63, 3.8) is 0 Å². The van der Waals surface area contributed by atoms with Gasteiger partial charge in [0.25, 0.3) is 0 Å². The number of rotatable bonds is 5. The Balaban J connectivity index is 0.000000178. The maximum atomic E-state index is 10.7. The van der Waals surface area contributed by atoms with Crippen molar-refractivity contribution in [2.45, 2.75) is 0 Å². The number of carbonyl (C=O) groups is 2. The van der Waals surface area contributed by atoms with E-state index in [4.69, 9.17) is 10.2 Å². The van der Waals surface area contributed by atoms with Gasteiger partial charge in [-0.1, -0.05) is 47.9 Å². The van der Waals surface area contributed by atoms with Crippen LogP contribution in [0.3, 0.4) is 0 Å². The maximum absolute atomic E-state index is 10.7. The molecule has 0 aliphatic heterocycles. The van der Waals surface area contributed by atoms with Crippen LogP contribution in [0.25, 0.3) is 0 Å². The summed E-state index contributed by atoms with van der Waals surface area (Å²) >= 11 is -2.06. The van der Waals surface area contributed by atoms with Crippen LogP contribution in [0.1, 0.15) is 20.7 Å². The number of aromatic carboxylic acids is 2. The van der Waals surface area contributed by atoms with Gasteiger partial charge < -0.3 is 20.4 Å². The van der Waals surface area contributed by atoms with Crippen molar-refractivity contribution in [2.75, 3.05) is 0 Å². The van der Waals surface area contributed by atoms with Crippen LogP contribution in [0.4, 0.5) is 0 Å². The molecule has 0 saturated carbocycles. The average molecular weight is 715 g/mol. The van der Waals surface area contributed by atoms with Crippen molar-refractivity contribution in [1.82, 2.24) is 0 Å². The van der Waals surface area contributed by atoms with Crippen LogP contribution >= 0.6 is 0 Å². The minimum atomic E-state index is -2.06. The molecule has 7 heteroatoms. The first kappa shape index (κ1) is 29.1. The number of hydrogen-bond donors (Lipinski definition) is 2. The molecule has 0 fully saturated rings. The van der Waals surface area contributed by atoms with Gasteiger partial charge in [-0.2, -0.15) is 0 Å². The summed E-state index contributed by atoms with van der Waals surface area (Å²) in [4.78, 5) is 20.4. The van der Waals surface area contributed by atoms with Crippen LogP contribution in [-0.4, -0.2) is 43.9 Å². The second-order valence-corrected chi connectivity index (χ2v) is 16.6. The molecule has 0 radical (unpaired) electrons. The van der Waals surface area contributed by atoms with Gasteiger partial charge >= 0.3 is 134 Å². The van der Waals surface area contributed by atoms with Gasteiger partial charge in [0.05, 0.1) is 11.1 Å². The second kappa shape index (κ2) is 15.1. The normalized spacial score (nSPS) is 9.64. The van der Waals surface area contributed by atoms with E-state index in [1.165, 1.54) is 58.3 Å². The van der Waals surface area contributed by atoms with E-state index in [9.17, 15) is 19.8 Å². The zero-order valence-corrected chi connectivity index (χ0v) is 24.2. The van der Waals surface area contributed by atoms with Gasteiger partial charge in [0.15, 0.2) is 0 Å². The first-order valence-corrected chi connectivity index (χ1v) is 17.0. The molecule has 194 valence electrons. The van der Waals surface area contributed by atoms with Crippen LogP contribution in [0.2, 0.25) is 0 Å². The topological polar surface area (TPSA) is 121 Å². The fourth-order valence-corrected chi connectivity index (χ4v) is 12.4. The number of carboxylic acid groups (broad SMARTS) is 2. The SMILES string of the molecule is O=C(O)c1ccccc1[O-].O=C(O)c1ccccc1[O-].c1cc[c]([Bi+2]([c]2ccccc2)[c]2ccccc2)cc1. The minimum absolute atomic E-state index is 0.178. The third-order valence-electron chi connectivity index (χ3n) is 5.28. The standard InChI is InChI=1S/2C7H6O3.3C6H5.Bi/c2*8-6-4-2-1-3-5(6)7(9)10;3*1-2-4-6-5-3-1;/h2*1-4,8H,(H,9,10);3*1-5H;/q;;;;;+2/p-2. The Kier molecular flexibility index (Phi) is 11.2. The summed E-state index contributed by atoms with van der Waals surface area (Å²) in [5, 5.41) is 38.1. The van der Waals surface area contributed by atoms with Gasteiger partial charge in [-0.15, -0.1) is 0 Å². The number of carboxylic acids is 2. The van der Waals surface area contributed by atoms with Crippen molar-refractivity contribution in [1.29, 1.82) is 0 Å². The molecule has 39 heavy (non-hydrogen) atoms. The molecule has 5 aromatic carbocycles. The zero-order valence-electron chi connectivity index (χ0n) is 20.8. The Morgan fingerprint density at radius 2 is 0.692 bits per heavy atom. The van der Waals surface area contributed by atoms with E-state index in [-0.39, 0.29) is 11.1 Å². The van der Waals surface area contributed by atoms with Gasteiger partial charge in [-0.25, -0.2) is 9.59 Å². The summed E-state index contributed by atoms with van der Waals surface area (Å²) in [5.74, 6) is -3.25. The van der Waals surface area contributed by atoms with E-state index in [1.807, 2.05) is 0 Å². The van der Waals surface area contributed by atoms with E-state index in [1.54, 1.807) is 0 Å². The molecular formula is C32H25BiO6. The molecule has 0 unspecified atom stereocenters. The number of benzene rings is 5. The molecule has 5 aromatic rings. The Morgan fingerprint density at radius 3 is 0.923 bits per heavy atom. The van der Waals surface area contributed by atoms with Gasteiger partial charge in [0.2, 0.25) is 0 Å². The summed E-state index contributed by atoms with van der Waals surface area (Å²) in [5.41, 5.74) is -0.356. The molecule has 0 aromatic heterocycles. The first-order valence-electron chi connectivity index (χ1n) is 11.8. The van der Waals surface area contributed by atoms with Crippen molar-refractivity contribution in [3.05, 3.63) is 151 Å². The zero-order chi connectivity index (χ0) is 28.0. The van der Waals surface area contributed by atoms with Crippen LogP contribution < -0.4 is 20.0 Å². The summed E-state index contributed by atoms with van der Waals surface area (Å²) < 4.78 is 4.61. The number of hydrogen-bond acceptors (Lipinski definition) is 4. The molecule has 5 rings (SSSR count). The summed E-state index contributed by atoms with van der Waals surface area (Å²) in [6.07, 6.45) is 0. The third kappa shape index (κ3) is 8.80. The molecule has 0 aliphatic rings. The Bertz CT molecular complexity index is 1330. The van der Waals surface area contributed by atoms with E-state index in [2.05, 4.69) is 91.0 Å². The first-order chi connectivity index (χ1) is 18.9. The molecule has 0 saturated heterocycles. The predicted molar refractivity (Wildman–Crippen MR) is 150 cm³/mol. The molecule has 0 aliphatic carbocycles. The van der Waals surface area contributed by atoms with Crippen molar-refractivity contribution < 1.29 is 30.0 Å². The Morgan fingerprint density at radius 1 is 0.436 bits per heavy atom. The van der Waals surface area contributed by atoms with Crippen LogP contribution in [-0.2, 0) is 0 Å². The molecule has 2 N–H and O–H groups in total. The van der Waals surface area contributed by atoms with Gasteiger partial charge in [-0.3, -0.25) is 0 Å². The second-order valence-electron chi connectivity index (χ2n) is 7.94. The molecule has 0 atom stereocenters. The quantitative estimate of drug-likeness (QED) is 0.270. The number of para-hydroxylation sites is 2. The average Bonchev–Trinajstić information content (AvgIpc) is 2.96. The Labute approximate surface area is 234 Å². The van der Waals surface area contributed by atoms with Crippen molar-refractivity contribution in [3.8, 4) is 11.5 Å². The summed E-state index contributed by atoms with van der Waals surface area (Å²) in [6, 6.07) is 44.0. The molecule has 0 bridgehead atoms. The van der Waals surface area contributed by atoms with E-state index in [0.29, 0.717) is 0 Å². The fraction of sp³-hybridized carbons (Fsp3) is 0. The third-order valence-corrected chi connectivity index (χ3v) is 14.8. The van der Waals surface area contributed by atoms with E-state index in [0.717, 1.165) is 0 Å². The van der Waals surface area contributed by atoms with Gasteiger partial charge in [0.1, 0.15) is 0 Å². The van der Waals surface area contributed by atoms with Crippen molar-refractivity contribution >= 4 is 43.5 Å². The molecular weight excluding hydrogens is 689 g/mol. The Hall–Kier alpha value is -4.48. The van der Waals surface area contributed by atoms with Crippen LogP contribution in [0, 0.1) is 0 Å². The monoisotopic (exact) mass is 714 g/mol. The van der Waals surface area contributed by atoms with E-state index >= 15 is 0 Å². The van der Waals surface area contributed by atoms with Gasteiger partial charge in [-0.05, 0) is 12.1 Å². The summed E-state index contributed by atoms with van der Waals surface area (Å²) in [7, 11) is 0. The van der Waals surface area contributed by atoms with Crippen molar-refractivity contribution in [2.24, 2.45) is 0 Å². The fourth-order valence-electron chi connectivity index (χ4n) is 3.47. The molecule has 0 spiro atoms. The molecule has 6 nitrogen and oxygen atoms in total. The van der Waals surface area contributed by atoms with Crippen LogP contribution in [0.5, 0.6) is 11.5 Å². The van der Waals surface area contributed by atoms with Crippen LogP contribution in [0.15, 0.2) is 140 Å².